The van der Waals surface area contributed by atoms with E-state index in [-0.39, 0.29) is 11.8 Å². The van der Waals surface area contributed by atoms with Crippen LogP contribution in [0.4, 0.5) is 5.69 Å². The third-order valence-electron chi connectivity index (χ3n) is 2.99. The zero-order valence-corrected chi connectivity index (χ0v) is 12.4. The van der Waals surface area contributed by atoms with Gasteiger partial charge in [-0.3, -0.25) is 9.59 Å². The lowest BCUT2D eigenvalue weighted by molar-refractivity contribution is -0.120. The van der Waals surface area contributed by atoms with Gasteiger partial charge in [-0.15, -0.1) is 0 Å². The van der Waals surface area contributed by atoms with Gasteiger partial charge in [0.25, 0.3) is 0 Å². The van der Waals surface area contributed by atoms with Gasteiger partial charge >= 0.3 is 0 Å². The summed E-state index contributed by atoms with van der Waals surface area (Å²) in [6.07, 6.45) is 5.02. The van der Waals surface area contributed by atoms with E-state index in [0.717, 1.165) is 24.2 Å². The van der Waals surface area contributed by atoms with E-state index in [1.165, 1.54) is 26.2 Å². The maximum absolute atomic E-state index is 11.7. The SMILES string of the molecule is CCCCCCNC(=O)Cc1ccc(NC(C)=O)cc1. The molecule has 0 radical (unpaired) electrons. The second kappa shape index (κ2) is 9.13. The highest BCUT2D eigenvalue weighted by Crippen LogP contribution is 2.10. The minimum absolute atomic E-state index is 0.0498. The zero-order chi connectivity index (χ0) is 14.8. The van der Waals surface area contributed by atoms with Crippen molar-refractivity contribution in [1.82, 2.24) is 5.32 Å². The van der Waals surface area contributed by atoms with Crippen LogP contribution in [0.15, 0.2) is 24.3 Å². The van der Waals surface area contributed by atoms with Crippen LogP contribution in [0.25, 0.3) is 0 Å². The highest BCUT2D eigenvalue weighted by atomic mass is 16.2. The number of carbonyl (C=O) groups is 2. The van der Waals surface area contributed by atoms with Crippen molar-refractivity contribution >= 4 is 17.5 Å². The third kappa shape index (κ3) is 6.92. The van der Waals surface area contributed by atoms with Crippen LogP contribution in [-0.4, -0.2) is 18.4 Å². The zero-order valence-electron chi connectivity index (χ0n) is 12.4. The fourth-order valence-corrected chi connectivity index (χ4v) is 1.94. The third-order valence-corrected chi connectivity index (χ3v) is 2.99. The fraction of sp³-hybridized carbons (Fsp3) is 0.500. The molecule has 4 heteroatoms. The Morgan fingerprint density at radius 1 is 1.05 bits per heavy atom. The van der Waals surface area contributed by atoms with E-state index in [4.69, 9.17) is 0 Å². The van der Waals surface area contributed by atoms with Gasteiger partial charge < -0.3 is 10.6 Å². The number of nitrogens with one attached hydrogen (secondary N) is 2. The van der Waals surface area contributed by atoms with Crippen molar-refractivity contribution < 1.29 is 9.59 Å². The number of hydrogen-bond acceptors (Lipinski definition) is 2. The molecule has 0 saturated carbocycles. The summed E-state index contributed by atoms with van der Waals surface area (Å²) in [6.45, 7) is 4.39. The minimum Gasteiger partial charge on any atom is -0.356 e. The molecular weight excluding hydrogens is 252 g/mol. The van der Waals surface area contributed by atoms with Crippen molar-refractivity contribution in [2.75, 3.05) is 11.9 Å². The van der Waals surface area contributed by atoms with Crippen LogP contribution >= 0.6 is 0 Å². The largest absolute Gasteiger partial charge is 0.356 e. The van der Waals surface area contributed by atoms with Crippen LogP contribution in [0.3, 0.4) is 0 Å². The predicted molar refractivity (Wildman–Crippen MR) is 81.6 cm³/mol. The van der Waals surface area contributed by atoms with E-state index < -0.39 is 0 Å². The first-order valence-corrected chi connectivity index (χ1v) is 7.25. The summed E-state index contributed by atoms with van der Waals surface area (Å²) in [6, 6.07) is 7.35. The summed E-state index contributed by atoms with van der Waals surface area (Å²) in [5.41, 5.74) is 1.70. The highest BCUT2D eigenvalue weighted by molar-refractivity contribution is 5.88. The predicted octanol–water partition coefficient (Wildman–Crippen LogP) is 2.88. The Kier molecular flexibility index (Phi) is 7.40. The Bertz CT molecular complexity index is 427. The second-order valence-corrected chi connectivity index (χ2v) is 4.97. The van der Waals surface area contributed by atoms with Gasteiger partial charge in [0, 0.05) is 19.2 Å². The van der Waals surface area contributed by atoms with Crippen LogP contribution in [-0.2, 0) is 16.0 Å². The number of benzene rings is 1. The van der Waals surface area contributed by atoms with Crippen LogP contribution < -0.4 is 10.6 Å². The maximum atomic E-state index is 11.7. The molecule has 110 valence electrons. The first-order chi connectivity index (χ1) is 9.61. The quantitative estimate of drug-likeness (QED) is 0.717. The number of hydrogen-bond donors (Lipinski definition) is 2. The number of carbonyl (C=O) groups excluding carboxylic acids is 2. The molecule has 0 aliphatic heterocycles. The van der Waals surface area contributed by atoms with E-state index in [9.17, 15) is 9.59 Å². The van der Waals surface area contributed by atoms with E-state index in [2.05, 4.69) is 17.6 Å². The average molecular weight is 276 g/mol. The molecule has 0 unspecified atom stereocenters. The monoisotopic (exact) mass is 276 g/mol. The van der Waals surface area contributed by atoms with Gasteiger partial charge in [-0.1, -0.05) is 38.3 Å². The Morgan fingerprint density at radius 3 is 2.35 bits per heavy atom. The summed E-state index contributed by atoms with van der Waals surface area (Å²) in [4.78, 5) is 22.6. The van der Waals surface area contributed by atoms with Crippen LogP contribution in [0.1, 0.15) is 45.1 Å². The van der Waals surface area contributed by atoms with Crippen molar-refractivity contribution in [2.45, 2.75) is 46.0 Å². The first-order valence-electron chi connectivity index (χ1n) is 7.25. The topological polar surface area (TPSA) is 58.2 Å². The van der Waals surface area contributed by atoms with Crippen molar-refractivity contribution in [1.29, 1.82) is 0 Å². The Morgan fingerprint density at radius 2 is 1.75 bits per heavy atom. The summed E-state index contributed by atoms with van der Waals surface area (Å²) in [5, 5.41) is 5.63. The molecule has 2 amide bonds. The average Bonchev–Trinajstić information content (AvgIpc) is 2.40. The van der Waals surface area contributed by atoms with Crippen LogP contribution in [0.5, 0.6) is 0 Å². The molecule has 0 aromatic heterocycles. The van der Waals surface area contributed by atoms with Crippen molar-refractivity contribution in [3.63, 3.8) is 0 Å². The molecule has 0 fully saturated rings. The molecule has 0 atom stereocenters. The van der Waals surface area contributed by atoms with E-state index in [1.807, 2.05) is 24.3 Å². The summed E-state index contributed by atoms with van der Waals surface area (Å²) >= 11 is 0. The standard InChI is InChI=1S/C16H24N2O2/c1-3-4-5-6-11-17-16(20)12-14-7-9-15(10-8-14)18-13(2)19/h7-10H,3-6,11-12H2,1-2H3,(H,17,20)(H,18,19). The molecular formula is C16H24N2O2. The minimum atomic E-state index is -0.0948. The first kappa shape index (κ1) is 16.2. The van der Waals surface area contributed by atoms with Gasteiger partial charge in [0.05, 0.1) is 6.42 Å². The maximum Gasteiger partial charge on any atom is 0.224 e. The second-order valence-electron chi connectivity index (χ2n) is 4.97. The van der Waals surface area contributed by atoms with E-state index in [0.29, 0.717) is 6.42 Å². The molecule has 0 saturated heterocycles. The van der Waals surface area contributed by atoms with Gasteiger partial charge in [0.15, 0.2) is 0 Å². The Balaban J connectivity index is 2.29. The number of unbranched alkanes of at least 4 members (excludes halogenated alkanes) is 3. The lowest BCUT2D eigenvalue weighted by atomic mass is 10.1. The normalized spacial score (nSPS) is 10.1. The van der Waals surface area contributed by atoms with Gasteiger partial charge in [-0.05, 0) is 24.1 Å². The van der Waals surface area contributed by atoms with E-state index >= 15 is 0 Å². The molecule has 20 heavy (non-hydrogen) atoms. The highest BCUT2D eigenvalue weighted by Gasteiger charge is 2.03. The smallest absolute Gasteiger partial charge is 0.224 e. The molecule has 2 N–H and O–H groups in total. The molecule has 0 aliphatic rings. The van der Waals surface area contributed by atoms with Crippen molar-refractivity contribution in [3.05, 3.63) is 29.8 Å². The lowest BCUT2D eigenvalue weighted by Crippen LogP contribution is -2.26. The Labute approximate surface area is 121 Å². The molecule has 0 aliphatic carbocycles. The van der Waals surface area contributed by atoms with Gasteiger partial charge in [0.2, 0.25) is 11.8 Å². The number of amides is 2. The van der Waals surface area contributed by atoms with Gasteiger partial charge in [-0.25, -0.2) is 0 Å². The van der Waals surface area contributed by atoms with Crippen LogP contribution in [0.2, 0.25) is 0 Å². The Hall–Kier alpha value is -1.84. The molecule has 0 bridgehead atoms. The van der Waals surface area contributed by atoms with E-state index in [1.54, 1.807) is 0 Å². The van der Waals surface area contributed by atoms with Crippen molar-refractivity contribution in [2.24, 2.45) is 0 Å². The van der Waals surface area contributed by atoms with Gasteiger partial charge in [0.1, 0.15) is 0 Å². The lowest BCUT2D eigenvalue weighted by Gasteiger charge is -2.06. The summed E-state index contributed by atoms with van der Waals surface area (Å²) in [7, 11) is 0. The molecule has 1 aromatic carbocycles. The molecule has 1 rings (SSSR count). The number of anilines is 1. The van der Waals surface area contributed by atoms with Crippen LogP contribution in [0, 0.1) is 0 Å². The molecule has 1 aromatic rings. The molecule has 0 spiro atoms. The molecule has 0 heterocycles. The summed E-state index contributed by atoms with van der Waals surface area (Å²) in [5.74, 6) is -0.0450. The molecule has 4 nitrogen and oxygen atoms in total. The fourth-order valence-electron chi connectivity index (χ4n) is 1.94. The van der Waals surface area contributed by atoms with Crippen molar-refractivity contribution in [3.8, 4) is 0 Å². The van der Waals surface area contributed by atoms with Gasteiger partial charge in [-0.2, -0.15) is 0 Å². The summed E-state index contributed by atoms with van der Waals surface area (Å²) < 4.78 is 0. The number of rotatable bonds is 8.